The SMILES string of the molecule is COc1cc2c(cc1Nc1ncnc3[nH]cc(Br)c13)C=NC2.Clc1ncnc2[nH]cc(Br)c12. The smallest absolute Gasteiger partial charge is 0.144 e. The fraction of sp³-hybridized carbons (Fsp3) is 0.0952. The number of fused-ring (bicyclic) bond motifs is 3. The largest absolute Gasteiger partial charge is 0.495 e. The summed E-state index contributed by atoms with van der Waals surface area (Å²) >= 11 is 12.6. The summed E-state index contributed by atoms with van der Waals surface area (Å²) in [5.41, 5.74) is 4.63. The Balaban J connectivity index is 0.000000174. The van der Waals surface area contributed by atoms with E-state index in [2.05, 4.69) is 72.1 Å². The lowest BCUT2D eigenvalue weighted by Crippen LogP contribution is -2.00. The molecule has 166 valence electrons. The van der Waals surface area contributed by atoms with Gasteiger partial charge in [-0.25, -0.2) is 19.9 Å². The first-order valence-electron chi connectivity index (χ1n) is 9.63. The molecule has 1 aromatic carbocycles. The van der Waals surface area contributed by atoms with E-state index in [0.717, 1.165) is 53.6 Å². The quantitative estimate of drug-likeness (QED) is 0.230. The molecule has 33 heavy (non-hydrogen) atoms. The number of benzene rings is 1. The standard InChI is InChI=1S/C15H12BrN5O.C6H3BrClN3/c1-22-12-3-9-5-17-4-8(9)2-11(12)21-15-13-10(16)6-18-14(13)19-7-20-15;7-3-1-9-6-4(3)5(8)10-2-11-6/h2-4,6-7H,5H2,1H3,(H2,18,19,20,21);1-2H,(H,9,10,11). The summed E-state index contributed by atoms with van der Waals surface area (Å²) in [5.74, 6) is 1.48. The van der Waals surface area contributed by atoms with Crippen molar-refractivity contribution in [3.63, 3.8) is 0 Å². The van der Waals surface area contributed by atoms with E-state index >= 15 is 0 Å². The minimum Gasteiger partial charge on any atom is -0.495 e. The van der Waals surface area contributed by atoms with Crippen LogP contribution < -0.4 is 10.1 Å². The van der Waals surface area contributed by atoms with Gasteiger partial charge in [0.15, 0.2) is 0 Å². The Morgan fingerprint density at radius 3 is 2.39 bits per heavy atom. The Hall–Kier alpha value is -3.02. The van der Waals surface area contributed by atoms with Crippen LogP contribution in [0, 0.1) is 0 Å². The Labute approximate surface area is 209 Å². The molecule has 0 saturated heterocycles. The molecule has 0 aliphatic carbocycles. The third-order valence-electron chi connectivity index (χ3n) is 5.00. The van der Waals surface area contributed by atoms with Crippen molar-refractivity contribution in [3.8, 4) is 5.75 Å². The zero-order chi connectivity index (χ0) is 22.9. The van der Waals surface area contributed by atoms with Crippen LogP contribution in [0.1, 0.15) is 11.1 Å². The molecule has 1 aliphatic rings. The number of hydrogen-bond acceptors (Lipinski definition) is 7. The van der Waals surface area contributed by atoms with Gasteiger partial charge in [0.1, 0.15) is 40.7 Å². The molecule has 9 nitrogen and oxygen atoms in total. The van der Waals surface area contributed by atoms with E-state index in [9.17, 15) is 0 Å². The summed E-state index contributed by atoms with van der Waals surface area (Å²) in [7, 11) is 1.66. The number of anilines is 2. The van der Waals surface area contributed by atoms with Gasteiger partial charge in [0, 0.05) is 27.6 Å². The Morgan fingerprint density at radius 2 is 1.67 bits per heavy atom. The average molecular weight is 591 g/mol. The highest BCUT2D eigenvalue weighted by atomic mass is 79.9. The van der Waals surface area contributed by atoms with Gasteiger partial charge in [-0.2, -0.15) is 0 Å². The molecule has 0 atom stereocenters. The van der Waals surface area contributed by atoms with Gasteiger partial charge in [-0.3, -0.25) is 4.99 Å². The molecule has 4 aromatic heterocycles. The lowest BCUT2D eigenvalue weighted by molar-refractivity contribution is 0.416. The molecule has 5 heterocycles. The third-order valence-corrected chi connectivity index (χ3v) is 6.54. The highest BCUT2D eigenvalue weighted by molar-refractivity contribution is 9.11. The van der Waals surface area contributed by atoms with Crippen LogP contribution in [0.5, 0.6) is 5.75 Å². The monoisotopic (exact) mass is 588 g/mol. The molecule has 0 bridgehead atoms. The van der Waals surface area contributed by atoms with E-state index in [1.54, 1.807) is 13.3 Å². The highest BCUT2D eigenvalue weighted by Crippen LogP contribution is 2.35. The first kappa shape index (κ1) is 21.8. The molecule has 3 N–H and O–H groups in total. The summed E-state index contributed by atoms with van der Waals surface area (Å²) < 4.78 is 7.28. The number of H-pyrrole nitrogens is 2. The maximum absolute atomic E-state index is 5.80. The van der Waals surface area contributed by atoms with Gasteiger partial charge in [0.05, 0.1) is 30.1 Å². The second kappa shape index (κ2) is 9.08. The van der Waals surface area contributed by atoms with Gasteiger partial charge in [-0.1, -0.05) is 11.6 Å². The second-order valence-electron chi connectivity index (χ2n) is 6.95. The van der Waals surface area contributed by atoms with Crippen molar-refractivity contribution in [2.45, 2.75) is 6.54 Å². The van der Waals surface area contributed by atoms with Crippen LogP contribution in [0.2, 0.25) is 5.15 Å². The Bertz CT molecular complexity index is 1510. The number of ether oxygens (including phenoxy) is 1. The molecule has 0 radical (unpaired) electrons. The molecule has 0 unspecified atom stereocenters. The number of methoxy groups -OCH3 is 1. The Morgan fingerprint density at radius 1 is 0.970 bits per heavy atom. The van der Waals surface area contributed by atoms with Gasteiger partial charge < -0.3 is 20.0 Å². The topological polar surface area (TPSA) is 117 Å². The van der Waals surface area contributed by atoms with Crippen molar-refractivity contribution in [1.82, 2.24) is 29.9 Å². The van der Waals surface area contributed by atoms with Crippen LogP contribution >= 0.6 is 43.5 Å². The first-order valence-corrected chi connectivity index (χ1v) is 11.6. The van der Waals surface area contributed by atoms with Crippen LogP contribution in [0.3, 0.4) is 0 Å². The van der Waals surface area contributed by atoms with E-state index in [-0.39, 0.29) is 0 Å². The molecule has 0 fully saturated rings. The number of hydrogen-bond donors (Lipinski definition) is 3. The van der Waals surface area contributed by atoms with Gasteiger partial charge in [0.2, 0.25) is 0 Å². The lowest BCUT2D eigenvalue weighted by atomic mass is 10.1. The van der Waals surface area contributed by atoms with Crippen molar-refractivity contribution in [2.24, 2.45) is 4.99 Å². The third kappa shape index (κ3) is 4.19. The number of aromatic nitrogens is 6. The summed E-state index contributed by atoms with van der Waals surface area (Å²) in [5, 5.41) is 5.53. The zero-order valence-electron chi connectivity index (χ0n) is 17.0. The van der Waals surface area contributed by atoms with Gasteiger partial charge in [-0.05, 0) is 55.1 Å². The maximum Gasteiger partial charge on any atom is 0.144 e. The maximum atomic E-state index is 5.80. The molecular formula is C21H15Br2ClN8O. The number of halogens is 3. The molecule has 0 spiro atoms. The van der Waals surface area contributed by atoms with Crippen LogP contribution in [-0.4, -0.2) is 43.2 Å². The number of rotatable bonds is 3. The summed E-state index contributed by atoms with van der Waals surface area (Å²) in [6.07, 6.45) is 8.45. The average Bonchev–Trinajstić information content (AvgIpc) is 3.53. The van der Waals surface area contributed by atoms with Crippen LogP contribution in [0.4, 0.5) is 11.5 Å². The predicted molar refractivity (Wildman–Crippen MR) is 136 cm³/mol. The van der Waals surface area contributed by atoms with Gasteiger partial charge >= 0.3 is 0 Å². The lowest BCUT2D eigenvalue weighted by Gasteiger charge is -2.13. The van der Waals surface area contributed by atoms with Crippen LogP contribution in [0.15, 0.2) is 51.1 Å². The molecule has 6 rings (SSSR count). The van der Waals surface area contributed by atoms with E-state index in [1.807, 2.05) is 24.5 Å². The summed E-state index contributed by atoms with van der Waals surface area (Å²) in [6, 6.07) is 4.04. The van der Waals surface area contributed by atoms with E-state index < -0.39 is 0 Å². The second-order valence-corrected chi connectivity index (χ2v) is 9.02. The van der Waals surface area contributed by atoms with Crippen LogP contribution in [0.25, 0.3) is 22.1 Å². The molecule has 1 aliphatic heterocycles. The van der Waals surface area contributed by atoms with Gasteiger partial charge in [-0.15, -0.1) is 0 Å². The molecular weight excluding hydrogens is 576 g/mol. The minimum atomic E-state index is 0.461. The summed E-state index contributed by atoms with van der Waals surface area (Å²) in [6.45, 7) is 0.701. The number of nitrogens with zero attached hydrogens (tertiary/aromatic N) is 5. The van der Waals surface area contributed by atoms with E-state index in [0.29, 0.717) is 17.5 Å². The van der Waals surface area contributed by atoms with Crippen molar-refractivity contribution in [1.29, 1.82) is 0 Å². The fourth-order valence-corrected chi connectivity index (χ4v) is 4.77. The molecule has 12 heteroatoms. The summed E-state index contributed by atoms with van der Waals surface area (Å²) in [4.78, 5) is 26.7. The fourth-order valence-electron chi connectivity index (χ4n) is 3.44. The highest BCUT2D eigenvalue weighted by Gasteiger charge is 2.15. The van der Waals surface area contributed by atoms with Crippen molar-refractivity contribution in [2.75, 3.05) is 12.4 Å². The zero-order valence-corrected chi connectivity index (χ0v) is 21.0. The minimum absolute atomic E-state index is 0.461. The van der Waals surface area contributed by atoms with E-state index in [1.165, 1.54) is 12.7 Å². The van der Waals surface area contributed by atoms with Crippen molar-refractivity contribution >= 4 is 83.2 Å². The molecule has 0 saturated carbocycles. The predicted octanol–water partition coefficient (Wildman–Crippen LogP) is 5.78. The van der Waals surface area contributed by atoms with Crippen LogP contribution in [-0.2, 0) is 6.54 Å². The van der Waals surface area contributed by atoms with Crippen molar-refractivity contribution < 1.29 is 4.74 Å². The number of nitrogens with one attached hydrogen (secondary N) is 3. The van der Waals surface area contributed by atoms with E-state index in [4.69, 9.17) is 16.3 Å². The number of aromatic amines is 2. The Kier molecular flexibility index (Phi) is 6.00. The normalized spacial score (nSPS) is 12.0. The van der Waals surface area contributed by atoms with Crippen molar-refractivity contribution in [3.05, 3.63) is 62.4 Å². The van der Waals surface area contributed by atoms with Gasteiger partial charge in [0.25, 0.3) is 0 Å². The first-order chi connectivity index (χ1) is 16.0. The molecule has 5 aromatic rings. The molecule has 0 amide bonds. The number of aliphatic imine (C=N–C) groups is 1.